The van der Waals surface area contributed by atoms with Crippen LogP contribution in [-0.2, 0) is 14.9 Å². The van der Waals surface area contributed by atoms with Gasteiger partial charge in [-0.2, -0.15) is 13.4 Å². The lowest BCUT2D eigenvalue weighted by atomic mass is 10.1. The maximum atomic E-state index is 11.2. The van der Waals surface area contributed by atoms with Crippen molar-refractivity contribution in [1.29, 1.82) is 0 Å². The highest BCUT2D eigenvalue weighted by molar-refractivity contribution is 7.86. The van der Waals surface area contributed by atoms with Gasteiger partial charge in [0.1, 0.15) is 4.90 Å². The van der Waals surface area contributed by atoms with Crippen molar-refractivity contribution in [3.8, 4) is 0 Å². The van der Waals surface area contributed by atoms with E-state index < -0.39 is 10.1 Å². The summed E-state index contributed by atoms with van der Waals surface area (Å²) in [6.45, 7) is 0. The van der Waals surface area contributed by atoms with E-state index in [1.165, 1.54) is 24.3 Å². The second-order valence-corrected chi connectivity index (χ2v) is 4.70. The monoisotopic (exact) mass is 249 g/mol. The predicted octanol–water partition coefficient (Wildman–Crippen LogP) is 2.05. The molecule has 1 N–H and O–H groups in total. The quantitative estimate of drug-likeness (QED) is 0.501. The highest BCUT2D eigenvalue weighted by atomic mass is 32.2. The van der Waals surface area contributed by atoms with Gasteiger partial charge in [0, 0.05) is 10.8 Å². The van der Waals surface area contributed by atoms with Crippen LogP contribution in [0.2, 0.25) is 0 Å². The number of carbonyl (C=O) groups excluding carboxylic acids is 1. The van der Waals surface area contributed by atoms with Crippen LogP contribution in [0.25, 0.3) is 10.8 Å². The van der Waals surface area contributed by atoms with Gasteiger partial charge in [0.25, 0.3) is 10.1 Å². The number of fused-ring (bicyclic) bond motifs is 1. The van der Waals surface area contributed by atoms with Gasteiger partial charge in [-0.05, 0) is 12.1 Å². The molecule has 6 heteroatoms. The first kappa shape index (κ1) is 11.5. The van der Waals surface area contributed by atoms with Gasteiger partial charge in [-0.15, -0.1) is 0 Å². The van der Waals surface area contributed by atoms with Crippen LogP contribution in [0.4, 0.5) is 5.69 Å². The summed E-state index contributed by atoms with van der Waals surface area (Å²) in [7, 11) is -4.30. The van der Waals surface area contributed by atoms with E-state index in [4.69, 9.17) is 4.55 Å². The molecule has 2 aromatic carbocycles. The van der Waals surface area contributed by atoms with Crippen molar-refractivity contribution in [2.75, 3.05) is 0 Å². The van der Waals surface area contributed by atoms with Crippen LogP contribution in [-0.4, -0.2) is 19.1 Å². The molecule has 0 saturated carbocycles. The van der Waals surface area contributed by atoms with Crippen molar-refractivity contribution in [3.63, 3.8) is 0 Å². The fraction of sp³-hybridized carbons (Fsp3) is 0. The summed E-state index contributed by atoms with van der Waals surface area (Å²) in [4.78, 5) is 13.5. The smallest absolute Gasteiger partial charge is 0.282 e. The minimum absolute atomic E-state index is 0.210. The van der Waals surface area contributed by atoms with Gasteiger partial charge in [0.05, 0.1) is 5.69 Å². The zero-order valence-corrected chi connectivity index (χ0v) is 9.31. The maximum absolute atomic E-state index is 11.2. The fourth-order valence-corrected chi connectivity index (χ4v) is 2.34. The molecule has 17 heavy (non-hydrogen) atoms. The van der Waals surface area contributed by atoms with Gasteiger partial charge in [0.2, 0.25) is 6.08 Å². The van der Waals surface area contributed by atoms with E-state index in [0.717, 1.165) is 0 Å². The Morgan fingerprint density at radius 3 is 2.35 bits per heavy atom. The number of nitrogens with zero attached hydrogens (tertiary/aromatic N) is 1. The lowest BCUT2D eigenvalue weighted by Gasteiger charge is -2.04. The standard InChI is InChI=1S/C11H7NO4S/c13-7-12-10-5-1-4-9-8(10)3-2-6-11(9)17(14,15)16/h1-6H,(H,14,15,16). The molecule has 0 amide bonds. The Balaban J connectivity index is 2.93. The minimum Gasteiger partial charge on any atom is -0.282 e. The summed E-state index contributed by atoms with van der Waals surface area (Å²) in [6.07, 6.45) is 1.40. The first-order valence-electron chi connectivity index (χ1n) is 4.61. The Morgan fingerprint density at radius 1 is 1.06 bits per heavy atom. The van der Waals surface area contributed by atoms with E-state index >= 15 is 0 Å². The first-order chi connectivity index (χ1) is 8.04. The molecule has 2 rings (SSSR count). The molecule has 0 heterocycles. The molecule has 0 unspecified atom stereocenters. The van der Waals surface area contributed by atoms with Gasteiger partial charge >= 0.3 is 0 Å². The lowest BCUT2D eigenvalue weighted by Crippen LogP contribution is -1.98. The van der Waals surface area contributed by atoms with Crippen LogP contribution in [0.5, 0.6) is 0 Å². The van der Waals surface area contributed by atoms with Crippen molar-refractivity contribution >= 4 is 32.7 Å². The summed E-state index contributed by atoms with van der Waals surface area (Å²) in [5.74, 6) is 0. The molecule has 0 spiro atoms. The SMILES string of the molecule is O=C=Nc1cccc2c(S(=O)(=O)O)cccc12. The van der Waals surface area contributed by atoms with Gasteiger partial charge in [-0.1, -0.05) is 24.3 Å². The Hall–Kier alpha value is -2.01. The zero-order chi connectivity index (χ0) is 12.5. The number of hydrogen-bond acceptors (Lipinski definition) is 4. The fourth-order valence-electron chi connectivity index (χ4n) is 1.64. The predicted molar refractivity (Wildman–Crippen MR) is 61.5 cm³/mol. The highest BCUT2D eigenvalue weighted by Crippen LogP contribution is 2.29. The number of hydrogen-bond donors (Lipinski definition) is 1. The molecule has 0 aromatic heterocycles. The first-order valence-corrected chi connectivity index (χ1v) is 6.05. The summed E-state index contributed by atoms with van der Waals surface area (Å²) in [5.41, 5.74) is 0.308. The molecule has 0 saturated heterocycles. The van der Waals surface area contributed by atoms with Crippen molar-refractivity contribution in [3.05, 3.63) is 36.4 Å². The normalized spacial score (nSPS) is 11.1. The average molecular weight is 249 g/mol. The van der Waals surface area contributed by atoms with E-state index in [1.54, 1.807) is 18.2 Å². The lowest BCUT2D eigenvalue weighted by molar-refractivity contribution is 0.484. The van der Waals surface area contributed by atoms with Crippen molar-refractivity contribution < 1.29 is 17.8 Å². The molecule has 0 fully saturated rings. The van der Waals surface area contributed by atoms with E-state index in [0.29, 0.717) is 16.5 Å². The van der Waals surface area contributed by atoms with Crippen molar-refractivity contribution in [1.82, 2.24) is 0 Å². The molecule has 0 bridgehead atoms. The van der Waals surface area contributed by atoms with Gasteiger partial charge in [-0.25, -0.2) is 4.79 Å². The van der Waals surface area contributed by atoms with E-state index in [2.05, 4.69) is 4.99 Å². The van der Waals surface area contributed by atoms with E-state index in [9.17, 15) is 13.2 Å². The van der Waals surface area contributed by atoms with Gasteiger partial charge < -0.3 is 0 Å². The van der Waals surface area contributed by atoms with E-state index in [-0.39, 0.29) is 4.90 Å². The largest absolute Gasteiger partial charge is 0.295 e. The van der Waals surface area contributed by atoms with Crippen molar-refractivity contribution in [2.45, 2.75) is 4.90 Å². The molecule has 2 aromatic rings. The zero-order valence-electron chi connectivity index (χ0n) is 8.49. The molecular weight excluding hydrogens is 242 g/mol. The molecule has 5 nitrogen and oxygen atoms in total. The molecule has 86 valence electrons. The van der Waals surface area contributed by atoms with Crippen molar-refractivity contribution in [2.24, 2.45) is 4.99 Å². The van der Waals surface area contributed by atoms with Gasteiger partial charge in [-0.3, -0.25) is 4.55 Å². The number of benzene rings is 2. The minimum atomic E-state index is -4.30. The summed E-state index contributed by atoms with van der Waals surface area (Å²) < 4.78 is 31.4. The summed E-state index contributed by atoms with van der Waals surface area (Å²) >= 11 is 0. The van der Waals surface area contributed by atoms with Crippen LogP contribution in [0, 0.1) is 0 Å². The van der Waals surface area contributed by atoms with Gasteiger partial charge in [0.15, 0.2) is 0 Å². The topological polar surface area (TPSA) is 83.8 Å². The Kier molecular flexibility index (Phi) is 2.77. The number of aliphatic imine (C=N–C) groups is 1. The molecule has 0 aliphatic heterocycles. The van der Waals surface area contributed by atoms with E-state index in [1.807, 2.05) is 0 Å². The maximum Gasteiger partial charge on any atom is 0.295 e. The third-order valence-corrected chi connectivity index (χ3v) is 3.21. The number of isocyanates is 1. The molecule has 0 aliphatic carbocycles. The van der Waals surface area contributed by atoms with Crippen LogP contribution in [0.1, 0.15) is 0 Å². The molecule has 0 atom stereocenters. The van der Waals surface area contributed by atoms with Crippen LogP contribution in [0.3, 0.4) is 0 Å². The Labute approximate surface area is 97.2 Å². The summed E-state index contributed by atoms with van der Waals surface area (Å²) in [5, 5.41) is 0.775. The third-order valence-electron chi connectivity index (χ3n) is 2.30. The Morgan fingerprint density at radius 2 is 1.71 bits per heavy atom. The second kappa shape index (κ2) is 4.10. The summed E-state index contributed by atoms with van der Waals surface area (Å²) in [6, 6.07) is 9.00. The Bertz CT molecular complexity index is 730. The highest BCUT2D eigenvalue weighted by Gasteiger charge is 2.14. The molecule has 0 radical (unpaired) electrons. The molecular formula is C11H7NO4S. The second-order valence-electron chi connectivity index (χ2n) is 3.31. The van der Waals surface area contributed by atoms with Crippen LogP contribution < -0.4 is 0 Å². The van der Waals surface area contributed by atoms with Crippen LogP contribution >= 0.6 is 0 Å². The van der Waals surface area contributed by atoms with Crippen LogP contribution in [0.15, 0.2) is 46.3 Å². The average Bonchev–Trinajstić information content (AvgIpc) is 2.28. The third kappa shape index (κ3) is 2.09. The molecule has 0 aliphatic rings. The number of rotatable bonds is 2.